The fourth-order valence-corrected chi connectivity index (χ4v) is 3.27. The molecule has 0 aliphatic rings. The molecule has 1 atom stereocenters. The van der Waals surface area contributed by atoms with E-state index >= 15 is 0 Å². The molecule has 1 unspecified atom stereocenters. The molecule has 0 fully saturated rings. The SMILES string of the molecule is Cc1c(C(=O)OCC(=O)NC(Cc2ccccc2)c2ccccc2)cccc1[N+](=O)[O-]. The van der Waals surface area contributed by atoms with Gasteiger partial charge in [0, 0.05) is 11.6 Å². The molecular formula is C24H22N2O5. The summed E-state index contributed by atoms with van der Waals surface area (Å²) >= 11 is 0. The molecule has 0 bridgehead atoms. The molecule has 0 saturated heterocycles. The van der Waals surface area contributed by atoms with E-state index in [0.717, 1.165) is 11.1 Å². The van der Waals surface area contributed by atoms with Crippen molar-refractivity contribution in [2.75, 3.05) is 6.61 Å². The Kier molecular flexibility index (Phi) is 7.11. The smallest absolute Gasteiger partial charge is 0.339 e. The van der Waals surface area contributed by atoms with Crippen molar-refractivity contribution < 1.29 is 19.2 Å². The van der Waals surface area contributed by atoms with Crippen LogP contribution in [0.2, 0.25) is 0 Å². The van der Waals surface area contributed by atoms with Gasteiger partial charge in [-0.1, -0.05) is 66.7 Å². The van der Waals surface area contributed by atoms with Gasteiger partial charge in [0.05, 0.1) is 16.5 Å². The number of nitrogens with one attached hydrogen (secondary N) is 1. The van der Waals surface area contributed by atoms with E-state index in [-0.39, 0.29) is 22.9 Å². The van der Waals surface area contributed by atoms with Crippen molar-refractivity contribution in [1.29, 1.82) is 0 Å². The molecule has 1 amide bonds. The second-order valence-corrected chi connectivity index (χ2v) is 7.00. The molecule has 3 aromatic carbocycles. The first-order valence-electron chi connectivity index (χ1n) is 9.75. The highest BCUT2D eigenvalue weighted by atomic mass is 16.6. The van der Waals surface area contributed by atoms with Crippen molar-refractivity contribution in [1.82, 2.24) is 5.32 Å². The van der Waals surface area contributed by atoms with Crippen molar-refractivity contribution >= 4 is 17.6 Å². The fraction of sp³-hybridized carbons (Fsp3) is 0.167. The van der Waals surface area contributed by atoms with E-state index in [2.05, 4.69) is 5.32 Å². The third-order valence-corrected chi connectivity index (χ3v) is 4.88. The molecular weight excluding hydrogens is 396 g/mol. The maximum Gasteiger partial charge on any atom is 0.339 e. The average molecular weight is 418 g/mol. The Morgan fingerprint density at radius 2 is 1.61 bits per heavy atom. The zero-order valence-electron chi connectivity index (χ0n) is 17.0. The van der Waals surface area contributed by atoms with Crippen LogP contribution in [0.3, 0.4) is 0 Å². The average Bonchev–Trinajstić information content (AvgIpc) is 2.78. The Labute approximate surface area is 179 Å². The third-order valence-electron chi connectivity index (χ3n) is 4.88. The quantitative estimate of drug-likeness (QED) is 0.336. The lowest BCUT2D eigenvalue weighted by Crippen LogP contribution is -2.33. The summed E-state index contributed by atoms with van der Waals surface area (Å²) in [5, 5.41) is 14.0. The highest BCUT2D eigenvalue weighted by Crippen LogP contribution is 2.22. The van der Waals surface area contributed by atoms with Crippen LogP contribution in [0, 0.1) is 17.0 Å². The monoisotopic (exact) mass is 418 g/mol. The zero-order valence-corrected chi connectivity index (χ0v) is 17.0. The van der Waals surface area contributed by atoms with Gasteiger partial charge in [-0.05, 0) is 30.5 Å². The first-order valence-corrected chi connectivity index (χ1v) is 9.75. The van der Waals surface area contributed by atoms with Gasteiger partial charge in [0.25, 0.3) is 11.6 Å². The van der Waals surface area contributed by atoms with Crippen LogP contribution >= 0.6 is 0 Å². The molecule has 158 valence electrons. The summed E-state index contributed by atoms with van der Waals surface area (Å²) in [6.07, 6.45) is 0.578. The minimum absolute atomic E-state index is 0.0610. The van der Waals surface area contributed by atoms with Crippen LogP contribution in [-0.4, -0.2) is 23.4 Å². The van der Waals surface area contributed by atoms with Crippen LogP contribution in [0.25, 0.3) is 0 Å². The van der Waals surface area contributed by atoms with Gasteiger partial charge in [0.2, 0.25) is 0 Å². The van der Waals surface area contributed by atoms with Gasteiger partial charge < -0.3 is 10.1 Å². The molecule has 0 radical (unpaired) electrons. The van der Waals surface area contributed by atoms with Crippen molar-refractivity contribution in [2.45, 2.75) is 19.4 Å². The molecule has 0 spiro atoms. The molecule has 3 aromatic rings. The third kappa shape index (κ3) is 5.76. The molecule has 3 rings (SSSR count). The molecule has 0 aliphatic carbocycles. The number of hydrogen-bond donors (Lipinski definition) is 1. The Hall–Kier alpha value is -4.00. The van der Waals surface area contributed by atoms with Crippen LogP contribution < -0.4 is 5.32 Å². The van der Waals surface area contributed by atoms with Crippen molar-refractivity contribution in [3.63, 3.8) is 0 Å². The predicted octanol–water partition coefficient (Wildman–Crippen LogP) is 4.16. The highest BCUT2D eigenvalue weighted by molar-refractivity contribution is 5.93. The van der Waals surface area contributed by atoms with E-state index in [1.54, 1.807) is 0 Å². The zero-order chi connectivity index (χ0) is 22.2. The minimum atomic E-state index is -0.782. The number of nitrogens with zero attached hydrogens (tertiary/aromatic N) is 1. The number of rotatable bonds is 8. The number of ether oxygens (including phenoxy) is 1. The van der Waals surface area contributed by atoms with Gasteiger partial charge in [0.1, 0.15) is 0 Å². The standard InChI is InChI=1S/C24H22N2O5/c1-17-20(13-8-14-22(17)26(29)30)24(28)31-16-23(27)25-21(19-11-6-3-7-12-19)15-18-9-4-2-5-10-18/h2-14,21H,15-16H2,1H3,(H,25,27). The molecule has 0 saturated carbocycles. The number of nitro benzene ring substituents is 1. The van der Waals surface area contributed by atoms with E-state index in [1.165, 1.54) is 25.1 Å². The van der Waals surface area contributed by atoms with Crippen molar-refractivity contribution in [3.8, 4) is 0 Å². The largest absolute Gasteiger partial charge is 0.452 e. The number of nitro groups is 1. The lowest BCUT2D eigenvalue weighted by molar-refractivity contribution is -0.385. The van der Waals surface area contributed by atoms with E-state index in [1.807, 2.05) is 60.7 Å². The summed E-state index contributed by atoms with van der Waals surface area (Å²) in [5.74, 6) is -1.24. The maximum atomic E-state index is 12.5. The van der Waals surface area contributed by atoms with Gasteiger partial charge in [-0.3, -0.25) is 14.9 Å². The summed E-state index contributed by atoms with van der Waals surface area (Å²) in [7, 11) is 0. The topological polar surface area (TPSA) is 98.5 Å². The predicted molar refractivity (Wildman–Crippen MR) is 116 cm³/mol. The maximum absolute atomic E-state index is 12.5. The minimum Gasteiger partial charge on any atom is -0.452 e. The number of benzene rings is 3. The normalized spacial score (nSPS) is 11.4. The summed E-state index contributed by atoms with van der Waals surface area (Å²) in [6.45, 7) is 0.985. The first-order chi connectivity index (χ1) is 15.0. The summed E-state index contributed by atoms with van der Waals surface area (Å²) in [6, 6.07) is 23.1. The van der Waals surface area contributed by atoms with E-state index in [4.69, 9.17) is 4.74 Å². The van der Waals surface area contributed by atoms with Gasteiger partial charge >= 0.3 is 5.97 Å². The lowest BCUT2D eigenvalue weighted by atomic mass is 9.99. The molecule has 0 heterocycles. The van der Waals surface area contributed by atoms with Crippen LogP contribution in [-0.2, 0) is 16.0 Å². The van der Waals surface area contributed by atoms with Crippen molar-refractivity contribution in [3.05, 3.63) is 111 Å². The van der Waals surface area contributed by atoms with Gasteiger partial charge in [-0.15, -0.1) is 0 Å². The molecule has 0 aliphatic heterocycles. The second-order valence-electron chi connectivity index (χ2n) is 7.00. The Morgan fingerprint density at radius 1 is 0.968 bits per heavy atom. The number of carbonyl (C=O) groups excluding carboxylic acids is 2. The first kappa shape index (κ1) is 21.7. The summed E-state index contributed by atoms with van der Waals surface area (Å²) in [4.78, 5) is 35.4. The van der Waals surface area contributed by atoms with E-state index in [9.17, 15) is 19.7 Å². The van der Waals surface area contributed by atoms with Crippen LogP contribution in [0.4, 0.5) is 5.69 Å². The number of carbonyl (C=O) groups is 2. The van der Waals surface area contributed by atoms with Crippen LogP contribution in [0.15, 0.2) is 78.9 Å². The highest BCUT2D eigenvalue weighted by Gasteiger charge is 2.21. The molecule has 1 N–H and O–H groups in total. The van der Waals surface area contributed by atoms with Crippen molar-refractivity contribution in [2.24, 2.45) is 0 Å². The number of hydrogen-bond acceptors (Lipinski definition) is 5. The number of esters is 1. The van der Waals surface area contributed by atoms with E-state index < -0.39 is 23.4 Å². The van der Waals surface area contributed by atoms with Crippen LogP contribution in [0.1, 0.15) is 33.1 Å². The molecule has 7 nitrogen and oxygen atoms in total. The molecule has 31 heavy (non-hydrogen) atoms. The number of amides is 1. The molecule has 0 aromatic heterocycles. The van der Waals surface area contributed by atoms with Gasteiger partial charge in [-0.25, -0.2) is 4.79 Å². The second kappa shape index (κ2) is 10.2. The lowest BCUT2D eigenvalue weighted by Gasteiger charge is -2.19. The Bertz CT molecular complexity index is 1070. The van der Waals surface area contributed by atoms with Gasteiger partial charge in [-0.2, -0.15) is 0 Å². The summed E-state index contributed by atoms with van der Waals surface area (Å²) in [5.41, 5.74) is 2.07. The van der Waals surface area contributed by atoms with E-state index in [0.29, 0.717) is 6.42 Å². The summed E-state index contributed by atoms with van der Waals surface area (Å²) < 4.78 is 5.12. The Morgan fingerprint density at radius 3 is 2.26 bits per heavy atom. The van der Waals surface area contributed by atoms with Crippen LogP contribution in [0.5, 0.6) is 0 Å². The van der Waals surface area contributed by atoms with Gasteiger partial charge in [0.15, 0.2) is 6.61 Å². The Balaban J connectivity index is 1.67. The fourth-order valence-electron chi connectivity index (χ4n) is 3.27. The molecule has 7 heteroatoms.